The number of hydrogen-bond acceptors (Lipinski definition) is 3. The van der Waals surface area contributed by atoms with E-state index < -0.39 is 0 Å². The second kappa shape index (κ2) is 5.21. The number of nitrogens with two attached hydrogens (primary N) is 1. The maximum Gasteiger partial charge on any atom is 0.162 e. The van der Waals surface area contributed by atoms with E-state index in [1.165, 1.54) is 12.1 Å². The largest absolute Gasteiger partial charge is 0.384 e. The van der Waals surface area contributed by atoms with Gasteiger partial charge in [-0.3, -0.25) is 0 Å². The van der Waals surface area contributed by atoms with Gasteiger partial charge in [0.25, 0.3) is 0 Å². The Morgan fingerprint density at radius 3 is 2.61 bits per heavy atom. The van der Waals surface area contributed by atoms with E-state index in [2.05, 4.69) is 15.0 Å². The van der Waals surface area contributed by atoms with Crippen molar-refractivity contribution in [3.63, 3.8) is 0 Å². The number of aromatic nitrogens is 3. The van der Waals surface area contributed by atoms with E-state index in [-0.39, 0.29) is 5.82 Å². The topological polar surface area (TPSA) is 67.6 Å². The van der Waals surface area contributed by atoms with Gasteiger partial charge in [0.2, 0.25) is 0 Å². The molecule has 0 radical (unpaired) electrons. The zero-order valence-corrected chi connectivity index (χ0v) is 12.1. The molecule has 3 N–H and O–H groups in total. The van der Waals surface area contributed by atoms with E-state index >= 15 is 0 Å². The molecule has 0 unspecified atom stereocenters. The van der Waals surface area contributed by atoms with Crippen molar-refractivity contribution < 1.29 is 4.39 Å². The average molecular weight is 304 g/mol. The number of aromatic amines is 1. The molecular formula is C18H13FN4. The van der Waals surface area contributed by atoms with Crippen molar-refractivity contribution >= 4 is 16.7 Å². The Morgan fingerprint density at radius 1 is 0.957 bits per heavy atom. The average Bonchev–Trinajstić information content (AvgIpc) is 3.02. The quantitative estimate of drug-likeness (QED) is 0.588. The van der Waals surface area contributed by atoms with E-state index in [1.807, 2.05) is 36.4 Å². The van der Waals surface area contributed by atoms with Crippen LogP contribution in [0.2, 0.25) is 0 Å². The fraction of sp³-hybridized carbons (Fsp3) is 0. The summed E-state index contributed by atoms with van der Waals surface area (Å²) in [5.41, 5.74) is 8.81. The maximum atomic E-state index is 13.9. The van der Waals surface area contributed by atoms with Crippen molar-refractivity contribution in [2.24, 2.45) is 0 Å². The number of anilines is 1. The first-order valence-electron chi connectivity index (χ1n) is 7.18. The van der Waals surface area contributed by atoms with Crippen LogP contribution in [0.25, 0.3) is 33.5 Å². The Kier molecular flexibility index (Phi) is 3.05. The van der Waals surface area contributed by atoms with Crippen LogP contribution in [-0.4, -0.2) is 15.0 Å². The van der Waals surface area contributed by atoms with Gasteiger partial charge in [-0.1, -0.05) is 30.3 Å². The molecule has 0 aliphatic carbocycles. The Balaban J connectivity index is 1.95. The number of halogens is 1. The molecule has 0 atom stereocenters. The standard InChI is InChI=1S/C18H13FN4/c19-12-8-14(13-6-7-21-15(13)9-12)16-10-17(20)23-18(22-16)11-4-2-1-3-5-11/h1-10,21H,(H2,20,22,23). The number of H-pyrrole nitrogens is 1. The molecule has 0 fully saturated rings. The molecule has 0 aliphatic heterocycles. The Labute approximate surface area is 131 Å². The summed E-state index contributed by atoms with van der Waals surface area (Å²) in [4.78, 5) is 11.9. The zero-order chi connectivity index (χ0) is 15.8. The van der Waals surface area contributed by atoms with Crippen LogP contribution in [0, 0.1) is 5.82 Å². The van der Waals surface area contributed by atoms with Gasteiger partial charge in [0.1, 0.15) is 11.6 Å². The predicted octanol–water partition coefficient (Wildman–Crippen LogP) is 4.01. The summed E-state index contributed by atoms with van der Waals surface area (Å²) < 4.78 is 13.9. The van der Waals surface area contributed by atoms with Crippen molar-refractivity contribution in [1.82, 2.24) is 15.0 Å². The molecule has 112 valence electrons. The molecule has 0 aliphatic rings. The summed E-state index contributed by atoms with van der Waals surface area (Å²) >= 11 is 0. The van der Waals surface area contributed by atoms with Gasteiger partial charge >= 0.3 is 0 Å². The highest BCUT2D eigenvalue weighted by Gasteiger charge is 2.12. The van der Waals surface area contributed by atoms with Crippen molar-refractivity contribution in [2.45, 2.75) is 0 Å². The van der Waals surface area contributed by atoms with Crippen LogP contribution in [0.1, 0.15) is 0 Å². The van der Waals surface area contributed by atoms with Crippen LogP contribution in [0.15, 0.2) is 60.8 Å². The van der Waals surface area contributed by atoms with Crippen LogP contribution in [0.3, 0.4) is 0 Å². The number of nitrogen functional groups attached to an aromatic ring is 1. The number of benzene rings is 2. The van der Waals surface area contributed by atoms with Crippen molar-refractivity contribution in [2.75, 3.05) is 5.73 Å². The summed E-state index contributed by atoms with van der Waals surface area (Å²) in [7, 11) is 0. The van der Waals surface area contributed by atoms with E-state index in [4.69, 9.17) is 5.73 Å². The summed E-state index contributed by atoms with van der Waals surface area (Å²) in [6, 6.07) is 16.0. The second-order valence-corrected chi connectivity index (χ2v) is 5.26. The third-order valence-corrected chi connectivity index (χ3v) is 3.69. The molecule has 4 rings (SSSR count). The molecule has 2 heterocycles. The van der Waals surface area contributed by atoms with Gasteiger partial charge in [0.15, 0.2) is 5.82 Å². The highest BCUT2D eigenvalue weighted by Crippen LogP contribution is 2.30. The van der Waals surface area contributed by atoms with Crippen LogP contribution < -0.4 is 5.73 Å². The third-order valence-electron chi connectivity index (χ3n) is 3.69. The summed E-state index contributed by atoms with van der Waals surface area (Å²) in [6.45, 7) is 0. The van der Waals surface area contributed by atoms with Gasteiger partial charge in [-0.25, -0.2) is 14.4 Å². The van der Waals surface area contributed by atoms with Gasteiger partial charge in [-0.2, -0.15) is 0 Å². The summed E-state index contributed by atoms with van der Waals surface area (Å²) in [6.07, 6.45) is 1.77. The number of rotatable bonds is 2. The molecule has 0 saturated carbocycles. The van der Waals surface area contributed by atoms with E-state index in [9.17, 15) is 4.39 Å². The van der Waals surface area contributed by atoms with Gasteiger partial charge in [-0.15, -0.1) is 0 Å². The van der Waals surface area contributed by atoms with Crippen molar-refractivity contribution in [3.8, 4) is 22.6 Å². The first-order valence-corrected chi connectivity index (χ1v) is 7.18. The Morgan fingerprint density at radius 2 is 1.78 bits per heavy atom. The van der Waals surface area contributed by atoms with E-state index in [0.29, 0.717) is 22.9 Å². The fourth-order valence-corrected chi connectivity index (χ4v) is 2.66. The normalized spacial score (nSPS) is 11.0. The van der Waals surface area contributed by atoms with E-state index in [1.54, 1.807) is 12.3 Å². The molecular weight excluding hydrogens is 291 g/mol. The third kappa shape index (κ3) is 2.42. The molecule has 2 aromatic heterocycles. The Hall–Kier alpha value is -3.21. The fourth-order valence-electron chi connectivity index (χ4n) is 2.66. The molecule has 23 heavy (non-hydrogen) atoms. The van der Waals surface area contributed by atoms with E-state index in [0.717, 1.165) is 16.5 Å². The highest BCUT2D eigenvalue weighted by molar-refractivity contribution is 5.94. The number of hydrogen-bond donors (Lipinski definition) is 2. The first-order chi connectivity index (χ1) is 11.2. The summed E-state index contributed by atoms with van der Waals surface area (Å²) in [5.74, 6) is 0.545. The number of fused-ring (bicyclic) bond motifs is 1. The van der Waals surface area contributed by atoms with Crippen LogP contribution in [0.4, 0.5) is 10.2 Å². The number of nitrogens with one attached hydrogen (secondary N) is 1. The predicted molar refractivity (Wildman–Crippen MR) is 89.1 cm³/mol. The molecule has 0 spiro atoms. The van der Waals surface area contributed by atoms with Gasteiger partial charge in [-0.05, 0) is 18.2 Å². The lowest BCUT2D eigenvalue weighted by Crippen LogP contribution is -1.98. The lowest BCUT2D eigenvalue weighted by molar-refractivity contribution is 0.630. The molecule has 0 amide bonds. The smallest absolute Gasteiger partial charge is 0.162 e. The molecule has 4 nitrogen and oxygen atoms in total. The van der Waals surface area contributed by atoms with Gasteiger partial charge in [0, 0.05) is 34.3 Å². The molecule has 5 heteroatoms. The monoisotopic (exact) mass is 304 g/mol. The highest BCUT2D eigenvalue weighted by atomic mass is 19.1. The zero-order valence-electron chi connectivity index (χ0n) is 12.1. The van der Waals surface area contributed by atoms with Gasteiger partial charge < -0.3 is 10.7 Å². The van der Waals surface area contributed by atoms with Crippen LogP contribution in [0.5, 0.6) is 0 Å². The molecule has 4 aromatic rings. The molecule has 0 bridgehead atoms. The number of nitrogens with zero attached hydrogens (tertiary/aromatic N) is 2. The van der Waals surface area contributed by atoms with Gasteiger partial charge in [0.05, 0.1) is 5.69 Å². The lowest BCUT2D eigenvalue weighted by atomic mass is 10.1. The Bertz CT molecular complexity index is 993. The second-order valence-electron chi connectivity index (χ2n) is 5.26. The molecule has 2 aromatic carbocycles. The summed E-state index contributed by atoms with van der Waals surface area (Å²) in [5, 5.41) is 0.892. The minimum atomic E-state index is -0.326. The first kappa shape index (κ1) is 13.5. The minimum Gasteiger partial charge on any atom is -0.384 e. The van der Waals surface area contributed by atoms with Crippen LogP contribution in [-0.2, 0) is 0 Å². The van der Waals surface area contributed by atoms with Crippen molar-refractivity contribution in [1.29, 1.82) is 0 Å². The lowest BCUT2D eigenvalue weighted by Gasteiger charge is -2.08. The SMILES string of the molecule is Nc1cc(-c2cc(F)cc3[nH]ccc23)nc(-c2ccccc2)n1. The van der Waals surface area contributed by atoms with Crippen molar-refractivity contribution in [3.05, 3.63) is 66.6 Å². The van der Waals surface area contributed by atoms with Crippen LogP contribution >= 0.6 is 0 Å². The minimum absolute atomic E-state index is 0.326. The maximum absolute atomic E-state index is 13.9. The molecule has 0 saturated heterocycles.